The Hall–Kier alpha value is -2.47. The van der Waals surface area contributed by atoms with Crippen molar-refractivity contribution in [2.45, 2.75) is 6.92 Å². The second-order valence-corrected chi connectivity index (χ2v) is 5.07. The summed E-state index contributed by atoms with van der Waals surface area (Å²) in [5.74, 6) is -1.08. The average molecular weight is 288 g/mol. The van der Waals surface area contributed by atoms with Gasteiger partial charge in [-0.05, 0) is 23.8 Å². The largest absolute Gasteiger partial charge is 0.477 e. The van der Waals surface area contributed by atoms with Crippen LogP contribution in [0.1, 0.15) is 27.2 Å². The van der Waals surface area contributed by atoms with Crippen molar-refractivity contribution in [3.63, 3.8) is 0 Å². The Kier molecular flexibility index (Phi) is 4.27. The van der Waals surface area contributed by atoms with Gasteiger partial charge in [0, 0.05) is 12.6 Å². The molecule has 0 fully saturated rings. The van der Waals surface area contributed by atoms with Crippen LogP contribution in [0.25, 0.3) is 12.2 Å². The van der Waals surface area contributed by atoms with Gasteiger partial charge in [0.2, 0.25) is 5.91 Å². The van der Waals surface area contributed by atoms with Gasteiger partial charge in [-0.15, -0.1) is 11.3 Å². The number of aromatic carboxylic acids is 1. The summed E-state index contributed by atoms with van der Waals surface area (Å²) in [5, 5.41) is 12.1. The zero-order valence-corrected chi connectivity index (χ0v) is 11.5. The van der Waals surface area contributed by atoms with Crippen molar-refractivity contribution in [3.05, 3.63) is 45.9 Å². The Labute approximate surface area is 119 Å². The summed E-state index contributed by atoms with van der Waals surface area (Å²) in [4.78, 5) is 25.8. The minimum absolute atomic E-state index is 0.114. The number of thiazole rings is 1. The van der Waals surface area contributed by atoms with Crippen LogP contribution < -0.4 is 5.32 Å². The Morgan fingerprint density at radius 2 is 1.95 bits per heavy atom. The molecule has 1 amide bonds. The molecule has 0 bridgehead atoms. The molecule has 102 valence electrons. The molecule has 2 rings (SSSR count). The molecule has 0 aliphatic heterocycles. The molecule has 0 radical (unpaired) electrons. The van der Waals surface area contributed by atoms with Gasteiger partial charge in [0.15, 0.2) is 0 Å². The molecule has 6 heteroatoms. The monoisotopic (exact) mass is 288 g/mol. The highest BCUT2D eigenvalue weighted by molar-refractivity contribution is 7.14. The van der Waals surface area contributed by atoms with E-state index in [1.54, 1.807) is 18.2 Å². The lowest BCUT2D eigenvalue weighted by atomic mass is 10.2. The number of hydrogen-bond acceptors (Lipinski definition) is 4. The van der Waals surface area contributed by atoms with Crippen LogP contribution >= 0.6 is 11.3 Å². The van der Waals surface area contributed by atoms with E-state index in [4.69, 9.17) is 5.11 Å². The fourth-order valence-electron chi connectivity index (χ4n) is 1.51. The number of aromatic nitrogens is 1. The molecule has 1 heterocycles. The fourth-order valence-corrected chi connectivity index (χ4v) is 2.17. The summed E-state index contributed by atoms with van der Waals surface area (Å²) in [6, 6.07) is 7.30. The van der Waals surface area contributed by atoms with E-state index in [-0.39, 0.29) is 10.8 Å². The lowest BCUT2D eigenvalue weighted by molar-refractivity contribution is -0.114. The Balaban J connectivity index is 2.06. The summed E-state index contributed by atoms with van der Waals surface area (Å²) in [5.41, 5.74) is 1.67. The van der Waals surface area contributed by atoms with Gasteiger partial charge in [-0.25, -0.2) is 9.78 Å². The minimum atomic E-state index is -0.971. The highest BCUT2D eigenvalue weighted by Crippen LogP contribution is 2.17. The predicted molar refractivity (Wildman–Crippen MR) is 78.7 cm³/mol. The maximum atomic E-state index is 10.9. The van der Waals surface area contributed by atoms with Crippen molar-refractivity contribution in [1.82, 2.24) is 4.98 Å². The normalized spacial score (nSPS) is 10.7. The third kappa shape index (κ3) is 3.76. The number of rotatable bonds is 4. The predicted octanol–water partition coefficient (Wildman–Crippen LogP) is 2.97. The molecule has 0 aliphatic rings. The molecule has 0 saturated heterocycles. The van der Waals surface area contributed by atoms with Gasteiger partial charge in [0.25, 0.3) is 0 Å². The summed E-state index contributed by atoms with van der Waals surface area (Å²) < 4.78 is 0. The second-order valence-electron chi connectivity index (χ2n) is 4.00. The van der Waals surface area contributed by atoms with E-state index in [1.807, 2.05) is 18.2 Å². The summed E-state index contributed by atoms with van der Waals surface area (Å²) >= 11 is 1.12. The van der Waals surface area contributed by atoms with Crippen LogP contribution in [0.4, 0.5) is 5.69 Å². The standard InChI is InChI=1S/C14H12N2O3S/c1-9(17)16-11-5-2-10(3-6-11)4-7-13-15-8-12(20-13)14(18)19/h2-8H,1H3,(H,16,17)(H,18,19)/b7-4+. The molecular formula is C14H12N2O3S. The third-order valence-corrected chi connectivity index (χ3v) is 3.33. The van der Waals surface area contributed by atoms with Crippen LogP contribution in [0.3, 0.4) is 0 Å². The molecule has 0 aliphatic carbocycles. The van der Waals surface area contributed by atoms with Crippen molar-refractivity contribution < 1.29 is 14.7 Å². The lowest BCUT2D eigenvalue weighted by Gasteiger charge is -2.01. The molecule has 20 heavy (non-hydrogen) atoms. The fraction of sp³-hybridized carbons (Fsp3) is 0.0714. The first-order valence-electron chi connectivity index (χ1n) is 5.79. The van der Waals surface area contributed by atoms with E-state index in [9.17, 15) is 9.59 Å². The summed E-state index contributed by atoms with van der Waals surface area (Å²) in [6.07, 6.45) is 4.93. The quantitative estimate of drug-likeness (QED) is 0.906. The summed E-state index contributed by atoms with van der Waals surface area (Å²) in [6.45, 7) is 1.45. The highest BCUT2D eigenvalue weighted by atomic mass is 32.1. The number of nitrogens with one attached hydrogen (secondary N) is 1. The molecule has 0 atom stereocenters. The molecule has 5 nitrogen and oxygen atoms in total. The molecule has 0 spiro atoms. The Bertz CT molecular complexity index is 659. The van der Waals surface area contributed by atoms with Crippen molar-refractivity contribution in [2.75, 3.05) is 5.32 Å². The van der Waals surface area contributed by atoms with E-state index in [2.05, 4.69) is 10.3 Å². The van der Waals surface area contributed by atoms with E-state index < -0.39 is 5.97 Å². The van der Waals surface area contributed by atoms with Gasteiger partial charge < -0.3 is 10.4 Å². The van der Waals surface area contributed by atoms with Crippen LogP contribution in [0.5, 0.6) is 0 Å². The first-order chi connectivity index (χ1) is 9.54. The van der Waals surface area contributed by atoms with Gasteiger partial charge in [-0.3, -0.25) is 4.79 Å². The molecule has 2 N–H and O–H groups in total. The van der Waals surface area contributed by atoms with Crippen molar-refractivity contribution in [2.24, 2.45) is 0 Å². The SMILES string of the molecule is CC(=O)Nc1ccc(/C=C/c2ncc(C(=O)O)s2)cc1. The zero-order chi connectivity index (χ0) is 14.5. The van der Waals surface area contributed by atoms with Crippen molar-refractivity contribution >= 4 is 41.1 Å². The first-order valence-corrected chi connectivity index (χ1v) is 6.61. The number of anilines is 1. The number of carboxylic acids is 1. The number of carbonyl (C=O) groups excluding carboxylic acids is 1. The topological polar surface area (TPSA) is 79.3 Å². The van der Waals surface area contributed by atoms with Gasteiger partial charge in [-0.1, -0.05) is 18.2 Å². The van der Waals surface area contributed by atoms with Gasteiger partial charge in [-0.2, -0.15) is 0 Å². The Morgan fingerprint density at radius 1 is 1.25 bits per heavy atom. The molecular weight excluding hydrogens is 276 g/mol. The number of carboxylic acid groups (broad SMARTS) is 1. The number of carbonyl (C=O) groups is 2. The zero-order valence-electron chi connectivity index (χ0n) is 10.7. The van der Waals surface area contributed by atoms with Crippen molar-refractivity contribution in [1.29, 1.82) is 0 Å². The molecule has 1 aromatic heterocycles. The number of nitrogens with zero attached hydrogens (tertiary/aromatic N) is 1. The van der Waals surface area contributed by atoms with Crippen LogP contribution in [0, 0.1) is 0 Å². The van der Waals surface area contributed by atoms with Gasteiger partial charge in [0.1, 0.15) is 9.88 Å². The minimum Gasteiger partial charge on any atom is -0.477 e. The van der Waals surface area contributed by atoms with Crippen LogP contribution in [-0.4, -0.2) is 22.0 Å². The van der Waals surface area contributed by atoms with Crippen LogP contribution in [0.2, 0.25) is 0 Å². The third-order valence-electron chi connectivity index (χ3n) is 2.38. The maximum Gasteiger partial charge on any atom is 0.347 e. The molecule has 1 aromatic carbocycles. The number of hydrogen-bond donors (Lipinski definition) is 2. The van der Waals surface area contributed by atoms with E-state index in [0.717, 1.165) is 22.6 Å². The second kappa shape index (κ2) is 6.12. The number of benzene rings is 1. The highest BCUT2D eigenvalue weighted by Gasteiger charge is 2.06. The maximum absolute atomic E-state index is 10.9. The van der Waals surface area contributed by atoms with Crippen molar-refractivity contribution in [3.8, 4) is 0 Å². The molecule has 2 aromatic rings. The Morgan fingerprint density at radius 3 is 2.50 bits per heavy atom. The van der Waals surface area contributed by atoms with E-state index in [0.29, 0.717) is 5.01 Å². The van der Waals surface area contributed by atoms with E-state index in [1.165, 1.54) is 13.1 Å². The van der Waals surface area contributed by atoms with Crippen LogP contribution in [-0.2, 0) is 4.79 Å². The van der Waals surface area contributed by atoms with Crippen LogP contribution in [0.15, 0.2) is 30.5 Å². The smallest absolute Gasteiger partial charge is 0.347 e. The summed E-state index contributed by atoms with van der Waals surface area (Å²) in [7, 11) is 0. The first kappa shape index (κ1) is 14.0. The lowest BCUT2D eigenvalue weighted by Crippen LogP contribution is -2.05. The van der Waals surface area contributed by atoms with E-state index >= 15 is 0 Å². The molecule has 0 saturated carbocycles. The average Bonchev–Trinajstić information content (AvgIpc) is 2.86. The molecule has 0 unspecified atom stereocenters. The van der Waals surface area contributed by atoms with Gasteiger partial charge in [0.05, 0.1) is 6.20 Å². The van der Waals surface area contributed by atoms with Gasteiger partial charge >= 0.3 is 5.97 Å². The number of amides is 1.